The van der Waals surface area contributed by atoms with Crippen LogP contribution in [0.15, 0.2) is 21.5 Å². The van der Waals surface area contributed by atoms with Crippen LogP contribution in [0.25, 0.3) is 0 Å². The Hall–Kier alpha value is -2.19. The van der Waals surface area contributed by atoms with E-state index in [9.17, 15) is 9.59 Å². The van der Waals surface area contributed by atoms with E-state index >= 15 is 0 Å². The summed E-state index contributed by atoms with van der Waals surface area (Å²) in [6.45, 7) is 3.07. The van der Waals surface area contributed by atoms with Crippen LogP contribution in [0.4, 0.5) is 5.88 Å². The maximum absolute atomic E-state index is 11.7. The van der Waals surface area contributed by atoms with E-state index in [4.69, 9.17) is 18.8 Å². The standard InChI is InChI=1S/C13H15NO7/c1-13(2)20-11(15)9(12(16)21-13)6-14-10-5-4-8(19-10)7-18-17-3/h4-6,9H,7H2,1-3H3/b14-6+. The van der Waals surface area contributed by atoms with Crippen LogP contribution in [0.5, 0.6) is 0 Å². The highest BCUT2D eigenvalue weighted by Crippen LogP contribution is 2.23. The molecule has 2 rings (SSSR count). The molecule has 0 saturated carbocycles. The Morgan fingerprint density at radius 2 is 1.95 bits per heavy atom. The summed E-state index contributed by atoms with van der Waals surface area (Å²) in [5.41, 5.74) is 0. The van der Waals surface area contributed by atoms with Gasteiger partial charge in [0.15, 0.2) is 5.92 Å². The van der Waals surface area contributed by atoms with Crippen LogP contribution in [-0.4, -0.2) is 31.1 Å². The molecule has 1 saturated heterocycles. The number of ether oxygens (including phenoxy) is 2. The summed E-state index contributed by atoms with van der Waals surface area (Å²) in [5, 5.41) is 0. The monoisotopic (exact) mass is 297 g/mol. The Kier molecular flexibility index (Phi) is 4.39. The number of hydrogen-bond donors (Lipinski definition) is 0. The Morgan fingerprint density at radius 3 is 2.57 bits per heavy atom. The van der Waals surface area contributed by atoms with E-state index in [2.05, 4.69) is 9.88 Å². The van der Waals surface area contributed by atoms with Gasteiger partial charge in [-0.3, -0.25) is 9.59 Å². The molecule has 8 nitrogen and oxygen atoms in total. The first-order chi connectivity index (χ1) is 9.91. The van der Waals surface area contributed by atoms with Crippen molar-refractivity contribution in [3.05, 3.63) is 17.9 Å². The van der Waals surface area contributed by atoms with Gasteiger partial charge >= 0.3 is 11.9 Å². The van der Waals surface area contributed by atoms with Crippen LogP contribution in [-0.2, 0) is 35.4 Å². The molecule has 21 heavy (non-hydrogen) atoms. The highest BCUT2D eigenvalue weighted by Gasteiger charge is 2.42. The third-order valence-electron chi connectivity index (χ3n) is 2.52. The average Bonchev–Trinajstić information content (AvgIpc) is 2.82. The summed E-state index contributed by atoms with van der Waals surface area (Å²) < 4.78 is 15.2. The number of cyclic esters (lactones) is 2. The molecule has 0 amide bonds. The predicted octanol–water partition coefficient (Wildman–Crippen LogP) is 1.51. The fourth-order valence-corrected chi connectivity index (χ4v) is 1.63. The first-order valence-electron chi connectivity index (χ1n) is 6.15. The van der Waals surface area contributed by atoms with Gasteiger partial charge in [-0.05, 0) is 6.07 Å². The van der Waals surface area contributed by atoms with Crippen molar-refractivity contribution in [2.75, 3.05) is 7.11 Å². The lowest BCUT2D eigenvalue weighted by Gasteiger charge is -2.31. The number of nitrogens with zero attached hydrogens (tertiary/aromatic N) is 1. The van der Waals surface area contributed by atoms with Crippen molar-refractivity contribution >= 4 is 24.0 Å². The number of esters is 2. The maximum atomic E-state index is 11.7. The molecule has 1 aromatic rings. The van der Waals surface area contributed by atoms with Crippen LogP contribution < -0.4 is 0 Å². The van der Waals surface area contributed by atoms with Crippen LogP contribution in [0.1, 0.15) is 19.6 Å². The van der Waals surface area contributed by atoms with Crippen molar-refractivity contribution in [1.29, 1.82) is 0 Å². The van der Waals surface area contributed by atoms with Crippen molar-refractivity contribution in [3.63, 3.8) is 0 Å². The highest BCUT2D eigenvalue weighted by atomic mass is 17.2. The van der Waals surface area contributed by atoms with Crippen LogP contribution >= 0.6 is 0 Å². The van der Waals surface area contributed by atoms with Gasteiger partial charge in [-0.1, -0.05) is 0 Å². The SMILES string of the molecule is COOCc1ccc(/N=C/C2C(=O)OC(C)(C)OC2=O)o1. The van der Waals surface area contributed by atoms with E-state index in [1.54, 1.807) is 12.1 Å². The van der Waals surface area contributed by atoms with Gasteiger partial charge in [0.1, 0.15) is 12.4 Å². The Labute approximate surface area is 120 Å². The van der Waals surface area contributed by atoms with Crippen LogP contribution in [0, 0.1) is 5.92 Å². The summed E-state index contributed by atoms with van der Waals surface area (Å²) in [6, 6.07) is 3.20. The van der Waals surface area contributed by atoms with E-state index in [0.29, 0.717) is 5.76 Å². The molecule has 1 aliphatic rings. The second-order valence-electron chi connectivity index (χ2n) is 4.67. The molecule has 114 valence electrons. The molecule has 1 fully saturated rings. The van der Waals surface area contributed by atoms with Gasteiger partial charge in [0, 0.05) is 26.1 Å². The number of carbonyl (C=O) groups excluding carboxylic acids is 2. The van der Waals surface area contributed by atoms with Gasteiger partial charge in [-0.2, -0.15) is 0 Å². The lowest BCUT2D eigenvalue weighted by Crippen LogP contribution is -2.46. The van der Waals surface area contributed by atoms with Crippen molar-refractivity contribution in [3.8, 4) is 0 Å². The minimum absolute atomic E-state index is 0.119. The van der Waals surface area contributed by atoms with E-state index in [1.165, 1.54) is 21.0 Å². The molecule has 1 aliphatic heterocycles. The molecule has 0 aliphatic carbocycles. The zero-order valence-corrected chi connectivity index (χ0v) is 11.8. The number of furan rings is 1. The predicted molar refractivity (Wildman–Crippen MR) is 68.4 cm³/mol. The summed E-state index contributed by atoms with van der Waals surface area (Å²) >= 11 is 0. The zero-order valence-electron chi connectivity index (χ0n) is 11.8. The van der Waals surface area contributed by atoms with Crippen molar-refractivity contribution in [1.82, 2.24) is 0 Å². The van der Waals surface area contributed by atoms with Gasteiger partial charge in [0.2, 0.25) is 5.88 Å². The molecule has 0 bridgehead atoms. The topological polar surface area (TPSA) is 96.6 Å². The molecular weight excluding hydrogens is 282 g/mol. The molecule has 0 N–H and O–H groups in total. The summed E-state index contributed by atoms with van der Waals surface area (Å²) in [7, 11) is 1.38. The minimum Gasteiger partial charge on any atom is -0.441 e. The Bertz CT molecular complexity index is 541. The number of aliphatic imine (C=N–C) groups is 1. The third-order valence-corrected chi connectivity index (χ3v) is 2.52. The van der Waals surface area contributed by atoms with Crippen molar-refractivity contribution < 1.29 is 33.3 Å². The Morgan fingerprint density at radius 1 is 1.29 bits per heavy atom. The molecule has 8 heteroatoms. The molecule has 0 atom stereocenters. The average molecular weight is 297 g/mol. The second-order valence-corrected chi connectivity index (χ2v) is 4.67. The number of rotatable bonds is 5. The van der Waals surface area contributed by atoms with Gasteiger partial charge in [-0.15, -0.1) is 0 Å². The van der Waals surface area contributed by atoms with Crippen molar-refractivity contribution in [2.24, 2.45) is 10.9 Å². The zero-order chi connectivity index (χ0) is 15.5. The van der Waals surface area contributed by atoms with Gasteiger partial charge in [0.05, 0.1) is 7.11 Å². The molecule has 2 heterocycles. The first kappa shape index (κ1) is 15.2. The van der Waals surface area contributed by atoms with Crippen molar-refractivity contribution in [2.45, 2.75) is 26.2 Å². The number of hydrogen-bond acceptors (Lipinski definition) is 8. The molecule has 0 aromatic carbocycles. The van der Waals surface area contributed by atoms with E-state index in [0.717, 1.165) is 6.21 Å². The lowest BCUT2D eigenvalue weighted by molar-refractivity contribution is -0.284. The first-order valence-corrected chi connectivity index (χ1v) is 6.15. The smallest absolute Gasteiger partial charge is 0.329 e. The van der Waals surface area contributed by atoms with Gasteiger partial charge in [-0.25, -0.2) is 14.8 Å². The molecule has 1 aromatic heterocycles. The summed E-state index contributed by atoms with van der Waals surface area (Å²) in [4.78, 5) is 36.5. The lowest BCUT2D eigenvalue weighted by atomic mass is 10.1. The quantitative estimate of drug-likeness (QED) is 0.267. The normalized spacial score (nSPS) is 18.8. The maximum Gasteiger partial charge on any atom is 0.329 e. The van der Waals surface area contributed by atoms with Crippen LogP contribution in [0.3, 0.4) is 0 Å². The van der Waals surface area contributed by atoms with E-state index in [-0.39, 0.29) is 12.5 Å². The van der Waals surface area contributed by atoms with Gasteiger partial charge < -0.3 is 13.9 Å². The second kappa shape index (κ2) is 6.06. The molecular formula is C13H15NO7. The molecule has 0 spiro atoms. The summed E-state index contributed by atoms with van der Waals surface area (Å²) in [6.07, 6.45) is 1.12. The largest absolute Gasteiger partial charge is 0.441 e. The fourth-order valence-electron chi connectivity index (χ4n) is 1.63. The highest BCUT2D eigenvalue weighted by molar-refractivity contribution is 6.10. The van der Waals surface area contributed by atoms with Crippen LogP contribution in [0.2, 0.25) is 0 Å². The number of carbonyl (C=O) groups is 2. The van der Waals surface area contributed by atoms with Gasteiger partial charge in [0.25, 0.3) is 5.79 Å². The third kappa shape index (κ3) is 3.89. The fraction of sp³-hybridized carbons (Fsp3) is 0.462. The van der Waals surface area contributed by atoms with E-state index < -0.39 is 23.6 Å². The molecule has 0 radical (unpaired) electrons. The Balaban J connectivity index is 2.02. The molecule has 0 unspecified atom stereocenters. The van der Waals surface area contributed by atoms with E-state index in [1.807, 2.05) is 0 Å². The summed E-state index contributed by atoms with van der Waals surface area (Å²) in [5.74, 6) is -3.19. The minimum atomic E-state index is -1.26.